The van der Waals surface area contributed by atoms with Crippen LogP contribution in [0.2, 0.25) is 0 Å². The first-order valence-electron chi connectivity index (χ1n) is 5.94. The van der Waals surface area contributed by atoms with Gasteiger partial charge in [0.1, 0.15) is 5.82 Å². The highest BCUT2D eigenvalue weighted by molar-refractivity contribution is 5.84. The first kappa shape index (κ1) is 12.8. The average Bonchev–Trinajstić information content (AvgIpc) is 2.77. The number of aliphatic hydroxyl groups is 1. The maximum absolute atomic E-state index is 10.7. The molecule has 2 heterocycles. The minimum Gasteiger partial charge on any atom is -0.476 e. The molecule has 0 radical (unpaired) electrons. The molecule has 98 valence electrons. The molecule has 1 aliphatic heterocycles. The van der Waals surface area contributed by atoms with Gasteiger partial charge in [-0.1, -0.05) is 0 Å². The van der Waals surface area contributed by atoms with Crippen molar-refractivity contribution < 1.29 is 15.0 Å². The van der Waals surface area contributed by atoms with Crippen LogP contribution in [0, 0.1) is 0 Å². The predicted molar refractivity (Wildman–Crippen MR) is 65.7 cm³/mol. The molecule has 1 saturated heterocycles. The molecule has 18 heavy (non-hydrogen) atoms. The fourth-order valence-electron chi connectivity index (χ4n) is 2.36. The van der Waals surface area contributed by atoms with Crippen LogP contribution >= 0.6 is 0 Å². The number of carboxylic acids is 1. The first-order chi connectivity index (χ1) is 8.39. The number of nitrogens with zero attached hydrogens (tertiary/aromatic N) is 3. The first-order valence-corrected chi connectivity index (χ1v) is 5.94. The van der Waals surface area contributed by atoms with Crippen LogP contribution in [0.3, 0.4) is 0 Å². The maximum Gasteiger partial charge on any atom is 0.356 e. The third-order valence-corrected chi connectivity index (χ3v) is 3.22. The fraction of sp³-hybridized carbons (Fsp3) is 0.583. The molecule has 0 spiro atoms. The standard InChI is InChI=1S/C12H17N3O3/c1-12(2,18)9-4-3-5-15(9)10-7-13-8(6-14-10)11(16)17/h6-7,9,18H,3-5H2,1-2H3,(H,16,17). The maximum atomic E-state index is 10.7. The van der Waals surface area contributed by atoms with E-state index in [-0.39, 0.29) is 11.7 Å². The monoisotopic (exact) mass is 251 g/mol. The van der Waals surface area contributed by atoms with Crippen molar-refractivity contribution in [2.75, 3.05) is 11.4 Å². The van der Waals surface area contributed by atoms with Crippen molar-refractivity contribution in [3.05, 3.63) is 18.1 Å². The Morgan fingerprint density at radius 3 is 2.67 bits per heavy atom. The van der Waals surface area contributed by atoms with Gasteiger partial charge in [0, 0.05) is 6.54 Å². The number of aromatic carboxylic acids is 1. The molecule has 1 fully saturated rings. The zero-order valence-electron chi connectivity index (χ0n) is 10.5. The van der Waals surface area contributed by atoms with Crippen LogP contribution < -0.4 is 4.90 Å². The summed E-state index contributed by atoms with van der Waals surface area (Å²) in [6, 6.07) is -0.0116. The zero-order valence-corrected chi connectivity index (χ0v) is 10.5. The predicted octanol–water partition coefficient (Wildman–Crippen LogP) is 0.914. The van der Waals surface area contributed by atoms with Gasteiger partial charge in [-0.2, -0.15) is 0 Å². The lowest BCUT2D eigenvalue weighted by Crippen LogP contribution is -2.46. The highest BCUT2D eigenvalue weighted by Crippen LogP contribution is 2.30. The van der Waals surface area contributed by atoms with E-state index in [4.69, 9.17) is 5.11 Å². The summed E-state index contributed by atoms with van der Waals surface area (Å²) in [5.74, 6) is -0.473. The number of carbonyl (C=O) groups is 1. The van der Waals surface area contributed by atoms with Gasteiger partial charge in [0.25, 0.3) is 0 Å². The lowest BCUT2D eigenvalue weighted by molar-refractivity contribution is 0.0532. The highest BCUT2D eigenvalue weighted by atomic mass is 16.4. The molecule has 1 aliphatic rings. The summed E-state index contributed by atoms with van der Waals surface area (Å²) in [5, 5.41) is 18.9. The lowest BCUT2D eigenvalue weighted by atomic mass is 9.97. The minimum absolute atomic E-state index is 0.0116. The molecule has 0 amide bonds. The summed E-state index contributed by atoms with van der Waals surface area (Å²) < 4.78 is 0. The van der Waals surface area contributed by atoms with Gasteiger partial charge < -0.3 is 15.1 Å². The van der Waals surface area contributed by atoms with E-state index in [1.165, 1.54) is 12.4 Å². The van der Waals surface area contributed by atoms with Crippen LogP contribution in [0.5, 0.6) is 0 Å². The summed E-state index contributed by atoms with van der Waals surface area (Å²) in [7, 11) is 0. The van der Waals surface area contributed by atoms with E-state index >= 15 is 0 Å². The summed E-state index contributed by atoms with van der Waals surface area (Å²) in [5.41, 5.74) is -0.887. The van der Waals surface area contributed by atoms with Gasteiger partial charge in [-0.25, -0.2) is 14.8 Å². The molecule has 0 aliphatic carbocycles. The SMILES string of the molecule is CC(C)(O)C1CCCN1c1cnc(C(=O)O)cn1. The number of aromatic nitrogens is 2. The fourth-order valence-corrected chi connectivity index (χ4v) is 2.36. The van der Waals surface area contributed by atoms with Gasteiger partial charge in [-0.05, 0) is 26.7 Å². The van der Waals surface area contributed by atoms with Crippen LogP contribution in [-0.2, 0) is 0 Å². The van der Waals surface area contributed by atoms with Gasteiger partial charge in [0.15, 0.2) is 5.69 Å². The quantitative estimate of drug-likeness (QED) is 0.830. The van der Waals surface area contributed by atoms with Crippen molar-refractivity contribution in [3.8, 4) is 0 Å². The van der Waals surface area contributed by atoms with Crippen LogP contribution in [-0.4, -0.2) is 44.3 Å². The molecule has 2 rings (SSSR count). The van der Waals surface area contributed by atoms with E-state index in [1.807, 2.05) is 4.90 Å². The zero-order chi connectivity index (χ0) is 13.3. The van der Waals surface area contributed by atoms with Crippen LogP contribution in [0.1, 0.15) is 37.2 Å². The van der Waals surface area contributed by atoms with Crippen LogP contribution in [0.15, 0.2) is 12.4 Å². The Bertz CT molecular complexity index is 439. The normalized spacial score (nSPS) is 20.2. The second-order valence-electron chi connectivity index (χ2n) is 5.07. The number of carboxylic acid groups (broad SMARTS) is 1. The van der Waals surface area contributed by atoms with Gasteiger partial charge in [0.05, 0.1) is 24.0 Å². The van der Waals surface area contributed by atoms with E-state index < -0.39 is 11.6 Å². The Morgan fingerprint density at radius 1 is 1.44 bits per heavy atom. The van der Waals surface area contributed by atoms with Gasteiger partial charge in [0.2, 0.25) is 0 Å². The Hall–Kier alpha value is -1.69. The van der Waals surface area contributed by atoms with Crippen LogP contribution in [0.4, 0.5) is 5.82 Å². The van der Waals surface area contributed by atoms with E-state index in [2.05, 4.69) is 9.97 Å². The van der Waals surface area contributed by atoms with Gasteiger partial charge >= 0.3 is 5.97 Å². The molecular formula is C12H17N3O3. The van der Waals surface area contributed by atoms with E-state index in [0.29, 0.717) is 5.82 Å². The molecule has 6 nitrogen and oxygen atoms in total. The van der Waals surface area contributed by atoms with E-state index in [9.17, 15) is 9.90 Å². The highest BCUT2D eigenvalue weighted by Gasteiger charge is 2.36. The second kappa shape index (κ2) is 4.53. The van der Waals surface area contributed by atoms with Crippen molar-refractivity contribution in [2.24, 2.45) is 0 Å². The molecule has 1 unspecified atom stereocenters. The van der Waals surface area contributed by atoms with E-state index in [0.717, 1.165) is 19.4 Å². The summed E-state index contributed by atoms with van der Waals surface area (Å²) in [4.78, 5) is 20.7. The number of anilines is 1. The van der Waals surface area contributed by atoms with Crippen molar-refractivity contribution in [3.63, 3.8) is 0 Å². The summed E-state index contributed by atoms with van der Waals surface area (Å²) in [6.45, 7) is 4.35. The van der Waals surface area contributed by atoms with Crippen molar-refractivity contribution in [1.29, 1.82) is 0 Å². The average molecular weight is 251 g/mol. The third-order valence-electron chi connectivity index (χ3n) is 3.22. The summed E-state index contributed by atoms with van der Waals surface area (Å²) >= 11 is 0. The van der Waals surface area contributed by atoms with Crippen molar-refractivity contribution >= 4 is 11.8 Å². The Kier molecular flexibility index (Phi) is 3.21. The topological polar surface area (TPSA) is 86.5 Å². The molecule has 1 atom stereocenters. The Morgan fingerprint density at radius 2 is 2.17 bits per heavy atom. The number of hydrogen-bond acceptors (Lipinski definition) is 5. The molecular weight excluding hydrogens is 234 g/mol. The van der Waals surface area contributed by atoms with Crippen molar-refractivity contribution in [1.82, 2.24) is 9.97 Å². The van der Waals surface area contributed by atoms with E-state index in [1.54, 1.807) is 13.8 Å². The molecule has 6 heteroatoms. The third kappa shape index (κ3) is 2.43. The number of hydrogen-bond donors (Lipinski definition) is 2. The molecule has 2 N–H and O–H groups in total. The van der Waals surface area contributed by atoms with Gasteiger partial charge in [-0.3, -0.25) is 0 Å². The second-order valence-corrected chi connectivity index (χ2v) is 5.07. The smallest absolute Gasteiger partial charge is 0.356 e. The van der Waals surface area contributed by atoms with Crippen molar-refractivity contribution in [2.45, 2.75) is 38.3 Å². The Balaban J connectivity index is 2.23. The largest absolute Gasteiger partial charge is 0.476 e. The molecule has 1 aromatic heterocycles. The Labute approximate surface area is 105 Å². The minimum atomic E-state index is -1.09. The lowest BCUT2D eigenvalue weighted by Gasteiger charge is -2.34. The number of rotatable bonds is 3. The summed E-state index contributed by atoms with van der Waals surface area (Å²) in [6.07, 6.45) is 4.58. The molecule has 1 aromatic rings. The molecule has 0 aromatic carbocycles. The molecule has 0 bridgehead atoms. The molecule has 0 saturated carbocycles. The van der Waals surface area contributed by atoms with Gasteiger partial charge in [-0.15, -0.1) is 0 Å². The van der Waals surface area contributed by atoms with Crippen LogP contribution in [0.25, 0.3) is 0 Å².